The van der Waals surface area contributed by atoms with Crippen molar-refractivity contribution in [3.63, 3.8) is 0 Å². The number of halogens is 2. The van der Waals surface area contributed by atoms with E-state index in [-0.39, 0.29) is 28.4 Å². The highest BCUT2D eigenvalue weighted by molar-refractivity contribution is 7.92. The third kappa shape index (κ3) is 5.27. The number of phenols is 1. The molecule has 0 saturated heterocycles. The highest BCUT2D eigenvalue weighted by Crippen LogP contribution is 2.29. The highest BCUT2D eigenvalue weighted by Gasteiger charge is 2.23. The number of amides is 1. The number of sulfonamides is 1. The van der Waals surface area contributed by atoms with Gasteiger partial charge in [-0.15, -0.1) is 0 Å². The van der Waals surface area contributed by atoms with Crippen LogP contribution in [0.5, 0.6) is 11.5 Å². The lowest BCUT2D eigenvalue weighted by Gasteiger charge is -2.19. The summed E-state index contributed by atoms with van der Waals surface area (Å²) in [6.07, 6.45) is 0. The highest BCUT2D eigenvalue weighted by atomic mass is 35.5. The molecule has 2 N–H and O–H groups in total. The molecular weight excluding hydrogens is 475 g/mol. The van der Waals surface area contributed by atoms with Crippen molar-refractivity contribution in [2.45, 2.75) is 11.4 Å². The van der Waals surface area contributed by atoms with Crippen LogP contribution < -0.4 is 9.46 Å². The van der Waals surface area contributed by atoms with E-state index in [1.165, 1.54) is 25.1 Å². The van der Waals surface area contributed by atoms with E-state index in [4.69, 9.17) is 27.9 Å². The Bertz CT molecular complexity index is 1260. The van der Waals surface area contributed by atoms with Gasteiger partial charge in [0.25, 0.3) is 15.9 Å². The van der Waals surface area contributed by atoms with Crippen LogP contribution in [0.15, 0.2) is 65.6 Å². The maximum atomic E-state index is 12.9. The Morgan fingerprint density at radius 2 is 1.81 bits per heavy atom. The molecule has 0 aliphatic heterocycles. The van der Waals surface area contributed by atoms with Gasteiger partial charge in [0.1, 0.15) is 11.5 Å². The number of hydrogen-bond acceptors (Lipinski definition) is 5. The van der Waals surface area contributed by atoms with Gasteiger partial charge in [-0.3, -0.25) is 9.52 Å². The molecule has 3 aromatic rings. The lowest BCUT2D eigenvalue weighted by atomic mass is 10.1. The average Bonchev–Trinajstić information content (AvgIpc) is 2.75. The van der Waals surface area contributed by atoms with E-state index >= 15 is 0 Å². The fourth-order valence-corrected chi connectivity index (χ4v) is 4.53. The predicted molar refractivity (Wildman–Crippen MR) is 124 cm³/mol. The van der Waals surface area contributed by atoms with E-state index in [2.05, 4.69) is 4.72 Å². The topological polar surface area (TPSA) is 95.9 Å². The Kier molecular flexibility index (Phi) is 7.18. The first-order valence-electron chi connectivity index (χ1n) is 9.30. The summed E-state index contributed by atoms with van der Waals surface area (Å²) in [6.45, 7) is 0.130. The van der Waals surface area contributed by atoms with Crippen molar-refractivity contribution >= 4 is 44.8 Å². The number of methoxy groups -OCH3 is 1. The van der Waals surface area contributed by atoms with Crippen LogP contribution in [0.25, 0.3) is 0 Å². The van der Waals surface area contributed by atoms with E-state index in [0.29, 0.717) is 21.4 Å². The van der Waals surface area contributed by atoms with Crippen molar-refractivity contribution in [3.05, 3.63) is 81.8 Å². The normalized spacial score (nSPS) is 11.1. The molecular formula is C22H20Cl2N2O5S. The number of aromatic hydroxyl groups is 1. The van der Waals surface area contributed by atoms with Gasteiger partial charge in [-0.25, -0.2) is 8.42 Å². The molecule has 3 aromatic carbocycles. The number of para-hydroxylation sites is 2. The predicted octanol–water partition coefficient (Wildman–Crippen LogP) is 4.78. The molecule has 0 saturated carbocycles. The second-order valence-electron chi connectivity index (χ2n) is 6.88. The molecule has 32 heavy (non-hydrogen) atoms. The fourth-order valence-electron chi connectivity index (χ4n) is 2.97. The quantitative estimate of drug-likeness (QED) is 0.492. The number of benzene rings is 3. The molecule has 0 spiro atoms. The first kappa shape index (κ1) is 23.7. The van der Waals surface area contributed by atoms with Crippen LogP contribution in [-0.2, 0) is 16.6 Å². The minimum atomic E-state index is -4.06. The van der Waals surface area contributed by atoms with Crippen LogP contribution >= 0.6 is 23.2 Å². The molecule has 0 atom stereocenters. The molecule has 0 unspecified atom stereocenters. The summed E-state index contributed by atoms with van der Waals surface area (Å²) in [4.78, 5) is 14.1. The molecule has 0 radical (unpaired) electrons. The van der Waals surface area contributed by atoms with Crippen molar-refractivity contribution in [1.82, 2.24) is 4.90 Å². The van der Waals surface area contributed by atoms with E-state index in [1.54, 1.807) is 42.5 Å². The van der Waals surface area contributed by atoms with Gasteiger partial charge < -0.3 is 14.7 Å². The van der Waals surface area contributed by atoms with E-state index in [0.717, 1.165) is 12.1 Å². The summed E-state index contributed by atoms with van der Waals surface area (Å²) in [6, 6.07) is 14.9. The Hall–Kier alpha value is -2.94. The number of hydrogen-bond donors (Lipinski definition) is 2. The summed E-state index contributed by atoms with van der Waals surface area (Å²) in [5.74, 6) is -0.589. The van der Waals surface area contributed by atoms with Crippen LogP contribution in [0.1, 0.15) is 15.9 Å². The number of rotatable bonds is 7. The fraction of sp³-hybridized carbons (Fsp3) is 0.136. The summed E-state index contributed by atoms with van der Waals surface area (Å²) in [7, 11) is -1.12. The number of phenolic OH excluding ortho intramolecular Hbond substituents is 1. The molecule has 0 aromatic heterocycles. The van der Waals surface area contributed by atoms with E-state index in [1.807, 2.05) is 0 Å². The van der Waals surface area contributed by atoms with Crippen LogP contribution in [0.2, 0.25) is 10.0 Å². The molecule has 168 valence electrons. The number of nitrogens with zero attached hydrogens (tertiary/aromatic N) is 1. The molecule has 7 nitrogen and oxygen atoms in total. The van der Waals surface area contributed by atoms with E-state index in [9.17, 15) is 18.3 Å². The minimum Gasteiger partial charge on any atom is -0.507 e. The zero-order valence-corrected chi connectivity index (χ0v) is 19.5. The summed E-state index contributed by atoms with van der Waals surface area (Å²) in [5, 5.41) is 11.1. The van der Waals surface area contributed by atoms with Gasteiger partial charge >= 0.3 is 0 Å². The molecule has 0 fully saturated rings. The molecule has 0 heterocycles. The number of nitrogens with one attached hydrogen (secondary N) is 1. The zero-order chi connectivity index (χ0) is 23.5. The second-order valence-corrected chi connectivity index (χ2v) is 9.41. The average molecular weight is 495 g/mol. The third-order valence-corrected chi connectivity index (χ3v) is 6.58. The maximum absolute atomic E-state index is 12.9. The van der Waals surface area contributed by atoms with Crippen molar-refractivity contribution in [2.24, 2.45) is 0 Å². The van der Waals surface area contributed by atoms with Crippen molar-refractivity contribution in [3.8, 4) is 11.5 Å². The van der Waals surface area contributed by atoms with Gasteiger partial charge in [-0.05, 0) is 48.0 Å². The Morgan fingerprint density at radius 1 is 1.09 bits per heavy atom. The summed E-state index contributed by atoms with van der Waals surface area (Å²) < 4.78 is 33.4. The van der Waals surface area contributed by atoms with Crippen molar-refractivity contribution < 1.29 is 23.1 Å². The Balaban J connectivity index is 1.88. The molecule has 0 aliphatic rings. The first-order chi connectivity index (χ1) is 15.1. The zero-order valence-electron chi connectivity index (χ0n) is 17.2. The first-order valence-corrected chi connectivity index (χ1v) is 11.5. The van der Waals surface area contributed by atoms with Gasteiger partial charge in [0.05, 0.1) is 23.3 Å². The monoisotopic (exact) mass is 494 g/mol. The summed E-state index contributed by atoms with van der Waals surface area (Å²) in [5.41, 5.74) is 0.721. The van der Waals surface area contributed by atoms with Crippen LogP contribution in [-0.4, -0.2) is 38.5 Å². The van der Waals surface area contributed by atoms with Crippen LogP contribution in [0, 0.1) is 0 Å². The van der Waals surface area contributed by atoms with E-state index < -0.39 is 15.9 Å². The summed E-state index contributed by atoms with van der Waals surface area (Å²) >= 11 is 12.1. The van der Waals surface area contributed by atoms with Crippen LogP contribution in [0.4, 0.5) is 5.69 Å². The molecule has 1 amide bonds. The number of anilines is 1. The number of ether oxygens (including phenoxy) is 1. The van der Waals surface area contributed by atoms with Gasteiger partial charge in [-0.1, -0.05) is 41.4 Å². The molecule has 0 aliphatic carbocycles. The lowest BCUT2D eigenvalue weighted by molar-refractivity contribution is 0.0782. The van der Waals surface area contributed by atoms with Crippen LogP contribution in [0.3, 0.4) is 0 Å². The third-order valence-electron chi connectivity index (χ3n) is 4.63. The second kappa shape index (κ2) is 9.68. The van der Waals surface area contributed by atoms with Gasteiger partial charge in [-0.2, -0.15) is 0 Å². The minimum absolute atomic E-state index is 0.130. The Labute approximate surface area is 196 Å². The van der Waals surface area contributed by atoms with Gasteiger partial charge in [0, 0.05) is 23.6 Å². The molecule has 0 bridgehead atoms. The molecule has 3 rings (SSSR count). The lowest BCUT2D eigenvalue weighted by Crippen LogP contribution is -2.26. The van der Waals surface area contributed by atoms with Gasteiger partial charge in [0.2, 0.25) is 0 Å². The maximum Gasteiger partial charge on any atom is 0.262 e. The number of carbonyl (C=O) groups is 1. The number of carbonyl (C=O) groups excluding carboxylic acids is 1. The van der Waals surface area contributed by atoms with Gasteiger partial charge in [0.15, 0.2) is 0 Å². The Morgan fingerprint density at radius 3 is 2.50 bits per heavy atom. The standard InChI is InChI=1S/C22H20Cl2N2O5S/c1-26(13-14-7-8-15(23)11-18(14)24)22(28)17-12-16(9-10-20(17)27)32(29,30)25-19-5-3-4-6-21(19)31-2/h3-12,25,27H,13H2,1-2H3. The smallest absolute Gasteiger partial charge is 0.262 e. The SMILES string of the molecule is COc1ccccc1NS(=O)(=O)c1ccc(O)c(C(=O)N(C)Cc2ccc(Cl)cc2Cl)c1. The molecule has 10 heteroatoms. The largest absolute Gasteiger partial charge is 0.507 e. The van der Waals surface area contributed by atoms with Crippen molar-refractivity contribution in [2.75, 3.05) is 18.9 Å². The van der Waals surface area contributed by atoms with Crippen molar-refractivity contribution in [1.29, 1.82) is 0 Å².